The van der Waals surface area contributed by atoms with E-state index in [0.717, 1.165) is 31.1 Å². The van der Waals surface area contributed by atoms with Crippen LogP contribution < -0.4 is 5.56 Å². The summed E-state index contributed by atoms with van der Waals surface area (Å²) in [4.78, 5) is 30.1. The molecule has 2 aromatic rings. The molecule has 0 bridgehead atoms. The van der Waals surface area contributed by atoms with Crippen LogP contribution in [0.3, 0.4) is 0 Å². The number of aromatic amines is 1. The Labute approximate surface area is 152 Å². The van der Waals surface area contributed by atoms with E-state index in [4.69, 9.17) is 9.47 Å². The van der Waals surface area contributed by atoms with Crippen molar-refractivity contribution in [2.45, 2.75) is 43.4 Å². The molecule has 138 valence electrons. The van der Waals surface area contributed by atoms with Crippen molar-refractivity contribution >= 4 is 16.8 Å². The van der Waals surface area contributed by atoms with Crippen molar-refractivity contribution in [2.75, 3.05) is 20.8 Å². The van der Waals surface area contributed by atoms with Crippen molar-refractivity contribution in [3.63, 3.8) is 0 Å². The zero-order valence-electron chi connectivity index (χ0n) is 15.2. The quantitative estimate of drug-likeness (QED) is 0.916. The molecule has 1 saturated heterocycles. The van der Waals surface area contributed by atoms with Gasteiger partial charge in [0.1, 0.15) is 0 Å². The van der Waals surface area contributed by atoms with Crippen LogP contribution in [0.2, 0.25) is 0 Å². The van der Waals surface area contributed by atoms with Crippen molar-refractivity contribution in [1.82, 2.24) is 9.88 Å². The van der Waals surface area contributed by atoms with Crippen LogP contribution in [0.4, 0.5) is 0 Å². The minimum Gasteiger partial charge on any atom is -0.381 e. The van der Waals surface area contributed by atoms with Crippen molar-refractivity contribution in [3.05, 3.63) is 46.2 Å². The topological polar surface area (TPSA) is 71.6 Å². The number of amides is 1. The van der Waals surface area contributed by atoms with Gasteiger partial charge in [0, 0.05) is 37.7 Å². The maximum atomic E-state index is 13.4. The minimum atomic E-state index is -0.304. The van der Waals surface area contributed by atoms with Gasteiger partial charge in [0.05, 0.1) is 23.3 Å². The molecule has 1 aromatic heterocycles. The van der Waals surface area contributed by atoms with E-state index in [0.29, 0.717) is 17.6 Å². The molecular weight excluding hydrogens is 332 g/mol. The van der Waals surface area contributed by atoms with Crippen molar-refractivity contribution in [3.8, 4) is 0 Å². The highest BCUT2D eigenvalue weighted by molar-refractivity contribution is 6.06. The van der Waals surface area contributed by atoms with E-state index in [-0.39, 0.29) is 29.2 Å². The van der Waals surface area contributed by atoms with Crippen LogP contribution in [0.1, 0.15) is 36.0 Å². The third-order valence-corrected chi connectivity index (χ3v) is 6.12. The first kappa shape index (κ1) is 17.2. The second-order valence-corrected chi connectivity index (χ2v) is 7.26. The van der Waals surface area contributed by atoms with Gasteiger partial charge in [-0.15, -0.1) is 0 Å². The van der Waals surface area contributed by atoms with Crippen LogP contribution in [-0.4, -0.2) is 54.3 Å². The smallest absolute Gasteiger partial charge is 0.255 e. The van der Waals surface area contributed by atoms with Gasteiger partial charge in [-0.05, 0) is 31.7 Å². The normalized spacial score (nSPS) is 28.3. The number of pyridine rings is 1. The highest BCUT2D eigenvalue weighted by Crippen LogP contribution is 2.43. The summed E-state index contributed by atoms with van der Waals surface area (Å²) in [6.45, 7) is 0.634. The van der Waals surface area contributed by atoms with E-state index in [2.05, 4.69) is 4.98 Å². The Morgan fingerprint density at radius 3 is 2.85 bits per heavy atom. The van der Waals surface area contributed by atoms with Gasteiger partial charge in [-0.3, -0.25) is 9.59 Å². The lowest BCUT2D eigenvalue weighted by Gasteiger charge is -2.43. The highest BCUT2D eigenvalue weighted by atomic mass is 16.5. The predicted molar refractivity (Wildman–Crippen MR) is 98.4 cm³/mol. The molecule has 2 heterocycles. The van der Waals surface area contributed by atoms with Gasteiger partial charge in [-0.1, -0.05) is 18.2 Å². The van der Waals surface area contributed by atoms with E-state index in [1.54, 1.807) is 14.2 Å². The number of ether oxygens (including phenoxy) is 2. The highest BCUT2D eigenvalue weighted by Gasteiger charge is 2.52. The van der Waals surface area contributed by atoms with Gasteiger partial charge in [0.25, 0.3) is 5.91 Å². The summed E-state index contributed by atoms with van der Waals surface area (Å²) in [7, 11) is 3.45. The summed E-state index contributed by atoms with van der Waals surface area (Å²) in [6.07, 6.45) is 3.53. The number of rotatable bonds is 3. The SMILES string of the molecule is COC1CC[C@@]2(OC)CCN(C(=O)c3cc(=O)[nH]c4ccccc34)C2C1. The van der Waals surface area contributed by atoms with Gasteiger partial charge >= 0.3 is 0 Å². The summed E-state index contributed by atoms with van der Waals surface area (Å²) < 4.78 is 11.5. The van der Waals surface area contributed by atoms with E-state index in [9.17, 15) is 9.59 Å². The van der Waals surface area contributed by atoms with Gasteiger partial charge in [0.15, 0.2) is 0 Å². The van der Waals surface area contributed by atoms with E-state index < -0.39 is 0 Å². The lowest BCUT2D eigenvalue weighted by molar-refractivity contribution is -0.0893. The number of hydrogen-bond donors (Lipinski definition) is 1. The summed E-state index contributed by atoms with van der Waals surface area (Å²) in [5.41, 5.74) is 0.569. The van der Waals surface area contributed by atoms with Crippen LogP contribution >= 0.6 is 0 Å². The summed E-state index contributed by atoms with van der Waals surface area (Å²) >= 11 is 0. The molecule has 1 saturated carbocycles. The van der Waals surface area contributed by atoms with Crippen LogP contribution in [-0.2, 0) is 9.47 Å². The molecule has 26 heavy (non-hydrogen) atoms. The van der Waals surface area contributed by atoms with E-state index >= 15 is 0 Å². The standard InChI is InChI=1S/C20H24N2O4/c1-25-13-7-8-20(26-2)9-10-22(17(20)11-13)19(24)15-12-18(23)21-16-6-4-3-5-14(15)16/h3-6,12-13,17H,7-11H2,1-2H3,(H,21,23)/t13?,17?,20-/m1/s1. The molecule has 6 nitrogen and oxygen atoms in total. The number of benzene rings is 1. The third kappa shape index (κ3) is 2.64. The summed E-state index contributed by atoms with van der Waals surface area (Å²) in [5.74, 6) is -0.104. The maximum absolute atomic E-state index is 13.4. The number of aromatic nitrogens is 1. The maximum Gasteiger partial charge on any atom is 0.255 e. The number of fused-ring (bicyclic) bond motifs is 2. The Bertz CT molecular complexity index is 893. The molecule has 1 aliphatic heterocycles. The molecule has 2 aliphatic rings. The van der Waals surface area contributed by atoms with Gasteiger partial charge in [0.2, 0.25) is 5.56 Å². The molecule has 0 radical (unpaired) electrons. The molecule has 1 aromatic carbocycles. The molecule has 1 amide bonds. The number of nitrogens with zero attached hydrogens (tertiary/aromatic N) is 1. The van der Waals surface area contributed by atoms with E-state index in [1.807, 2.05) is 29.2 Å². The number of carbonyl (C=O) groups excluding carboxylic acids is 1. The number of H-pyrrole nitrogens is 1. The molecule has 6 heteroatoms. The number of hydrogen-bond acceptors (Lipinski definition) is 4. The lowest BCUT2D eigenvalue weighted by atomic mass is 9.79. The Morgan fingerprint density at radius 1 is 1.27 bits per heavy atom. The Balaban J connectivity index is 1.74. The van der Waals surface area contributed by atoms with Crippen LogP contribution in [0.5, 0.6) is 0 Å². The predicted octanol–water partition coefficient (Wildman–Crippen LogP) is 2.33. The van der Waals surface area contributed by atoms with Gasteiger partial charge in [-0.25, -0.2) is 0 Å². The second kappa shape index (κ2) is 6.52. The first-order valence-electron chi connectivity index (χ1n) is 9.09. The molecule has 1 N–H and O–H groups in total. The molecule has 1 aliphatic carbocycles. The first-order chi connectivity index (χ1) is 12.6. The molecular formula is C20H24N2O4. The number of methoxy groups -OCH3 is 2. The fourth-order valence-corrected chi connectivity index (χ4v) is 4.66. The number of carbonyl (C=O) groups is 1. The number of likely N-dealkylation sites (tertiary alicyclic amines) is 1. The third-order valence-electron chi connectivity index (χ3n) is 6.12. The van der Waals surface area contributed by atoms with Crippen molar-refractivity contribution < 1.29 is 14.3 Å². The number of nitrogens with one attached hydrogen (secondary N) is 1. The average Bonchev–Trinajstić information content (AvgIpc) is 3.05. The zero-order valence-corrected chi connectivity index (χ0v) is 15.2. The van der Waals surface area contributed by atoms with Crippen LogP contribution in [0.15, 0.2) is 35.1 Å². The number of para-hydroxylation sites is 1. The largest absolute Gasteiger partial charge is 0.381 e. The fourth-order valence-electron chi connectivity index (χ4n) is 4.66. The van der Waals surface area contributed by atoms with Gasteiger partial charge < -0.3 is 19.4 Å². The summed E-state index contributed by atoms with van der Waals surface area (Å²) in [6, 6.07) is 8.80. The Kier molecular flexibility index (Phi) is 4.32. The van der Waals surface area contributed by atoms with Crippen LogP contribution in [0, 0.1) is 0 Å². The second-order valence-electron chi connectivity index (χ2n) is 7.26. The zero-order chi connectivity index (χ0) is 18.3. The molecule has 4 rings (SSSR count). The lowest BCUT2D eigenvalue weighted by Crippen LogP contribution is -2.53. The van der Waals surface area contributed by atoms with Crippen molar-refractivity contribution in [1.29, 1.82) is 0 Å². The summed E-state index contributed by atoms with van der Waals surface area (Å²) in [5, 5.41) is 0.770. The van der Waals surface area contributed by atoms with Crippen molar-refractivity contribution in [2.24, 2.45) is 0 Å². The molecule has 3 atom stereocenters. The van der Waals surface area contributed by atoms with E-state index in [1.165, 1.54) is 6.07 Å². The fraction of sp³-hybridized carbons (Fsp3) is 0.500. The molecule has 2 unspecified atom stereocenters. The minimum absolute atomic E-state index is 0.0308. The average molecular weight is 356 g/mol. The monoisotopic (exact) mass is 356 g/mol. The van der Waals surface area contributed by atoms with Crippen LogP contribution in [0.25, 0.3) is 10.9 Å². The Hall–Kier alpha value is -2.18. The molecule has 2 fully saturated rings. The Morgan fingerprint density at radius 2 is 2.08 bits per heavy atom. The first-order valence-corrected chi connectivity index (χ1v) is 9.09. The molecule has 0 spiro atoms. The van der Waals surface area contributed by atoms with Gasteiger partial charge in [-0.2, -0.15) is 0 Å².